The van der Waals surface area contributed by atoms with E-state index in [-0.39, 0.29) is 0 Å². The first-order chi connectivity index (χ1) is 8.69. The molecular weight excluding hydrogens is 224 g/mol. The summed E-state index contributed by atoms with van der Waals surface area (Å²) in [7, 11) is 0. The van der Waals surface area contributed by atoms with Gasteiger partial charge in [0.15, 0.2) is 0 Å². The second kappa shape index (κ2) is 5.20. The van der Waals surface area contributed by atoms with E-state index in [4.69, 9.17) is 0 Å². The number of fused-ring (bicyclic) bond motifs is 2. The van der Waals surface area contributed by atoms with E-state index in [1.807, 2.05) is 0 Å². The molecule has 3 fully saturated rings. The number of carbonyl (C=O) groups excluding carboxylic acids is 1. The van der Waals surface area contributed by atoms with Crippen molar-refractivity contribution >= 4 is 5.91 Å². The van der Waals surface area contributed by atoms with Crippen molar-refractivity contribution < 1.29 is 4.79 Å². The lowest BCUT2D eigenvalue weighted by Crippen LogP contribution is -2.41. The number of piperidine rings is 1. The number of amides is 1. The lowest BCUT2D eigenvalue weighted by Gasteiger charge is -2.29. The molecule has 2 N–H and O–H groups in total. The van der Waals surface area contributed by atoms with Crippen LogP contribution in [0, 0.1) is 11.8 Å². The summed E-state index contributed by atoms with van der Waals surface area (Å²) in [6.45, 7) is 2.29. The third-order valence-corrected chi connectivity index (χ3v) is 5.10. The van der Waals surface area contributed by atoms with Crippen molar-refractivity contribution in [3.8, 4) is 0 Å². The van der Waals surface area contributed by atoms with Gasteiger partial charge in [0.05, 0.1) is 0 Å². The van der Waals surface area contributed by atoms with Gasteiger partial charge in [-0.25, -0.2) is 0 Å². The maximum absolute atomic E-state index is 12.1. The van der Waals surface area contributed by atoms with Crippen LogP contribution in [-0.2, 0) is 4.79 Å². The Morgan fingerprint density at radius 3 is 2.44 bits per heavy atom. The zero-order valence-electron chi connectivity index (χ0n) is 11.5. The highest BCUT2D eigenvalue weighted by atomic mass is 16.1. The van der Waals surface area contributed by atoms with Gasteiger partial charge in [0.25, 0.3) is 0 Å². The van der Waals surface area contributed by atoms with E-state index in [0.29, 0.717) is 30.0 Å². The van der Waals surface area contributed by atoms with Gasteiger partial charge in [0, 0.05) is 24.5 Å². The zero-order chi connectivity index (χ0) is 12.5. The maximum Gasteiger partial charge on any atom is 0.220 e. The number of carbonyl (C=O) groups is 1. The fourth-order valence-electron chi connectivity index (χ4n) is 4.23. The summed E-state index contributed by atoms with van der Waals surface area (Å²) in [6, 6.07) is 1.87. The normalized spacial score (nSPS) is 43.1. The molecule has 1 amide bonds. The van der Waals surface area contributed by atoms with E-state index in [1.54, 1.807) is 0 Å². The lowest BCUT2D eigenvalue weighted by atomic mass is 9.89. The first kappa shape index (κ1) is 12.5. The standard InChI is InChI=1S/C15H26N2O/c1-10-2-3-12(6-10)17-15(18)9-11-7-13-4-5-14(8-11)16-13/h10-14,16H,2-9H2,1H3,(H,17,18). The second-order valence-corrected chi connectivity index (χ2v) is 6.86. The van der Waals surface area contributed by atoms with Crippen molar-refractivity contribution in [2.75, 3.05) is 0 Å². The van der Waals surface area contributed by atoms with Gasteiger partial charge in [-0.15, -0.1) is 0 Å². The molecule has 3 heteroatoms. The van der Waals surface area contributed by atoms with Crippen molar-refractivity contribution in [3.05, 3.63) is 0 Å². The molecule has 2 aliphatic heterocycles. The number of nitrogens with one attached hydrogen (secondary N) is 2. The molecule has 1 saturated carbocycles. The Labute approximate surface area is 110 Å². The Morgan fingerprint density at radius 2 is 1.83 bits per heavy atom. The predicted octanol–water partition coefficient (Wildman–Crippen LogP) is 2.21. The molecule has 2 heterocycles. The predicted molar refractivity (Wildman–Crippen MR) is 72.2 cm³/mol. The van der Waals surface area contributed by atoms with Crippen LogP contribution in [0.5, 0.6) is 0 Å². The summed E-state index contributed by atoms with van der Waals surface area (Å²) in [6.07, 6.45) is 9.48. The summed E-state index contributed by atoms with van der Waals surface area (Å²) in [5, 5.41) is 6.89. The van der Waals surface area contributed by atoms with Gasteiger partial charge in [-0.1, -0.05) is 6.92 Å². The van der Waals surface area contributed by atoms with Crippen LogP contribution >= 0.6 is 0 Å². The molecule has 0 aromatic heterocycles. The van der Waals surface area contributed by atoms with E-state index in [9.17, 15) is 4.79 Å². The van der Waals surface area contributed by atoms with Crippen LogP contribution in [0.4, 0.5) is 0 Å². The second-order valence-electron chi connectivity index (χ2n) is 6.86. The molecule has 18 heavy (non-hydrogen) atoms. The summed E-state index contributed by atoms with van der Waals surface area (Å²) in [5.74, 6) is 1.73. The van der Waals surface area contributed by atoms with Crippen LogP contribution in [0.2, 0.25) is 0 Å². The molecule has 2 bridgehead atoms. The van der Waals surface area contributed by atoms with Crippen LogP contribution in [-0.4, -0.2) is 24.0 Å². The quantitative estimate of drug-likeness (QED) is 0.806. The Bertz CT molecular complexity index is 306. The van der Waals surface area contributed by atoms with Crippen molar-refractivity contribution in [2.45, 2.75) is 76.4 Å². The summed E-state index contributed by atoms with van der Waals surface area (Å²) in [5.41, 5.74) is 0. The lowest BCUT2D eigenvalue weighted by molar-refractivity contribution is -0.123. The molecule has 0 spiro atoms. The van der Waals surface area contributed by atoms with Gasteiger partial charge in [0.2, 0.25) is 5.91 Å². The summed E-state index contributed by atoms with van der Waals surface area (Å²) < 4.78 is 0. The molecule has 4 unspecified atom stereocenters. The molecule has 4 atom stereocenters. The molecule has 0 aromatic rings. The Morgan fingerprint density at radius 1 is 1.11 bits per heavy atom. The average Bonchev–Trinajstić information content (AvgIpc) is 2.85. The van der Waals surface area contributed by atoms with Crippen molar-refractivity contribution in [2.24, 2.45) is 11.8 Å². The van der Waals surface area contributed by atoms with E-state index < -0.39 is 0 Å². The Hall–Kier alpha value is -0.570. The van der Waals surface area contributed by atoms with Crippen LogP contribution in [0.25, 0.3) is 0 Å². The monoisotopic (exact) mass is 250 g/mol. The van der Waals surface area contributed by atoms with Crippen molar-refractivity contribution in [1.82, 2.24) is 10.6 Å². The van der Waals surface area contributed by atoms with Gasteiger partial charge in [-0.3, -0.25) is 4.79 Å². The Balaban J connectivity index is 1.43. The van der Waals surface area contributed by atoms with Crippen LogP contribution in [0.3, 0.4) is 0 Å². The van der Waals surface area contributed by atoms with Crippen molar-refractivity contribution in [3.63, 3.8) is 0 Å². The summed E-state index contributed by atoms with van der Waals surface area (Å²) in [4.78, 5) is 12.1. The van der Waals surface area contributed by atoms with E-state index in [1.165, 1.54) is 44.9 Å². The highest BCUT2D eigenvalue weighted by Crippen LogP contribution is 2.33. The first-order valence-corrected chi connectivity index (χ1v) is 7.74. The number of hydrogen-bond acceptors (Lipinski definition) is 2. The molecule has 3 nitrogen and oxygen atoms in total. The highest BCUT2D eigenvalue weighted by Gasteiger charge is 2.34. The average molecular weight is 250 g/mol. The molecular formula is C15H26N2O. The molecule has 0 aromatic carbocycles. The third-order valence-electron chi connectivity index (χ3n) is 5.10. The summed E-state index contributed by atoms with van der Waals surface area (Å²) >= 11 is 0. The number of rotatable bonds is 3. The van der Waals surface area contributed by atoms with Crippen LogP contribution in [0.1, 0.15) is 58.3 Å². The smallest absolute Gasteiger partial charge is 0.220 e. The van der Waals surface area contributed by atoms with E-state index in [0.717, 1.165) is 12.3 Å². The van der Waals surface area contributed by atoms with Gasteiger partial charge in [-0.2, -0.15) is 0 Å². The van der Waals surface area contributed by atoms with Crippen LogP contribution < -0.4 is 10.6 Å². The molecule has 3 aliphatic rings. The van der Waals surface area contributed by atoms with E-state index in [2.05, 4.69) is 17.6 Å². The number of hydrogen-bond donors (Lipinski definition) is 2. The SMILES string of the molecule is CC1CCC(NC(=O)CC2CC3CCC(C2)N3)C1. The van der Waals surface area contributed by atoms with Crippen LogP contribution in [0.15, 0.2) is 0 Å². The molecule has 1 aliphatic carbocycles. The first-order valence-electron chi connectivity index (χ1n) is 7.74. The minimum Gasteiger partial charge on any atom is -0.353 e. The largest absolute Gasteiger partial charge is 0.353 e. The van der Waals surface area contributed by atoms with Gasteiger partial charge < -0.3 is 10.6 Å². The molecule has 0 radical (unpaired) electrons. The van der Waals surface area contributed by atoms with Gasteiger partial charge in [0.1, 0.15) is 0 Å². The zero-order valence-corrected chi connectivity index (χ0v) is 11.5. The minimum absolute atomic E-state index is 0.306. The van der Waals surface area contributed by atoms with Gasteiger partial charge in [-0.05, 0) is 56.8 Å². The topological polar surface area (TPSA) is 41.1 Å². The molecule has 102 valence electrons. The van der Waals surface area contributed by atoms with Crippen molar-refractivity contribution in [1.29, 1.82) is 0 Å². The minimum atomic E-state index is 0.306. The van der Waals surface area contributed by atoms with Gasteiger partial charge >= 0.3 is 0 Å². The highest BCUT2D eigenvalue weighted by molar-refractivity contribution is 5.76. The molecule has 2 saturated heterocycles. The molecule has 3 rings (SSSR count). The fraction of sp³-hybridized carbons (Fsp3) is 0.933. The fourth-order valence-corrected chi connectivity index (χ4v) is 4.23. The maximum atomic E-state index is 12.1. The van der Waals surface area contributed by atoms with E-state index >= 15 is 0 Å². The Kier molecular flexibility index (Phi) is 3.60. The third kappa shape index (κ3) is 2.87.